The number of piperazine rings is 1. The fourth-order valence-electron chi connectivity index (χ4n) is 5.20. The number of aromatic nitrogens is 2. The number of aromatic amines is 1. The SMILES string of the molecule is CC(C)N1CCN(c2ccc(-c3nccc4[nH]c(CN5CCC[C@@H]5C)cc34)cc2)CC1.O=C=O. The predicted molar refractivity (Wildman–Crippen MR) is 135 cm³/mol. The van der Waals surface area contributed by atoms with E-state index in [2.05, 4.69) is 76.9 Å². The molecular formula is C27H35N5O2. The standard InChI is InChI=1S/C26H35N5.CO2/c1-19(2)29-13-15-30(16-14-29)23-8-6-21(7-9-23)26-24-17-22(28-25(24)10-11-27-26)18-31-12-4-5-20(31)3;2-1-3/h6-11,17,19-20,28H,4-5,12-16,18H2,1-3H3;/t20-;/m0./s1. The normalized spacial score (nSPS) is 19.3. The molecule has 1 N–H and O–H groups in total. The van der Waals surface area contributed by atoms with E-state index in [9.17, 15) is 0 Å². The van der Waals surface area contributed by atoms with Gasteiger partial charge in [0.1, 0.15) is 0 Å². The lowest BCUT2D eigenvalue weighted by Crippen LogP contribution is -2.48. The van der Waals surface area contributed by atoms with Gasteiger partial charge in [-0.3, -0.25) is 14.8 Å². The van der Waals surface area contributed by atoms with Crippen molar-refractivity contribution < 1.29 is 9.59 Å². The van der Waals surface area contributed by atoms with Crippen molar-refractivity contribution in [3.8, 4) is 11.3 Å². The molecular weight excluding hydrogens is 426 g/mol. The minimum Gasteiger partial charge on any atom is -0.369 e. The Bertz CT molecular complexity index is 1110. The zero-order valence-electron chi connectivity index (χ0n) is 20.5. The van der Waals surface area contributed by atoms with Crippen LogP contribution in [0.3, 0.4) is 0 Å². The minimum absolute atomic E-state index is 0.250. The molecule has 1 aromatic carbocycles. The molecule has 2 fully saturated rings. The van der Waals surface area contributed by atoms with Crippen molar-refractivity contribution >= 4 is 22.7 Å². The highest BCUT2D eigenvalue weighted by atomic mass is 16.2. The molecule has 5 rings (SSSR count). The van der Waals surface area contributed by atoms with E-state index in [1.807, 2.05) is 6.20 Å². The second-order valence-corrected chi connectivity index (χ2v) is 9.62. The lowest BCUT2D eigenvalue weighted by atomic mass is 10.1. The van der Waals surface area contributed by atoms with E-state index >= 15 is 0 Å². The van der Waals surface area contributed by atoms with Gasteiger partial charge in [0.15, 0.2) is 0 Å². The van der Waals surface area contributed by atoms with Crippen molar-refractivity contribution in [2.45, 2.75) is 52.2 Å². The summed E-state index contributed by atoms with van der Waals surface area (Å²) >= 11 is 0. The highest BCUT2D eigenvalue weighted by molar-refractivity contribution is 5.93. The van der Waals surface area contributed by atoms with Gasteiger partial charge in [-0.05, 0) is 64.4 Å². The Morgan fingerprint density at radius 3 is 2.38 bits per heavy atom. The first-order valence-electron chi connectivity index (χ1n) is 12.3. The monoisotopic (exact) mass is 461 g/mol. The van der Waals surface area contributed by atoms with Gasteiger partial charge in [0.2, 0.25) is 0 Å². The third-order valence-corrected chi connectivity index (χ3v) is 7.22. The number of hydrogen-bond acceptors (Lipinski definition) is 6. The van der Waals surface area contributed by atoms with Gasteiger partial charge in [-0.1, -0.05) is 12.1 Å². The Balaban J connectivity index is 0.000000868. The third-order valence-electron chi connectivity index (χ3n) is 7.22. The van der Waals surface area contributed by atoms with Crippen LogP contribution in [0.4, 0.5) is 5.69 Å². The first kappa shape index (κ1) is 24.1. The average Bonchev–Trinajstić information content (AvgIpc) is 3.45. The summed E-state index contributed by atoms with van der Waals surface area (Å²) in [6.45, 7) is 13.6. The smallest absolute Gasteiger partial charge is 0.369 e. The van der Waals surface area contributed by atoms with E-state index in [0.717, 1.165) is 38.4 Å². The summed E-state index contributed by atoms with van der Waals surface area (Å²) in [6, 6.07) is 14.7. The number of hydrogen-bond donors (Lipinski definition) is 1. The zero-order chi connectivity index (χ0) is 24.1. The van der Waals surface area contributed by atoms with E-state index in [0.29, 0.717) is 12.1 Å². The molecule has 0 amide bonds. The van der Waals surface area contributed by atoms with E-state index in [1.165, 1.54) is 47.2 Å². The lowest BCUT2D eigenvalue weighted by molar-refractivity contribution is -0.191. The van der Waals surface area contributed by atoms with Crippen LogP contribution in [0.25, 0.3) is 22.2 Å². The van der Waals surface area contributed by atoms with Crippen molar-refractivity contribution in [3.63, 3.8) is 0 Å². The molecule has 34 heavy (non-hydrogen) atoms. The predicted octanol–water partition coefficient (Wildman–Crippen LogP) is 4.16. The molecule has 2 saturated heterocycles. The Hall–Kier alpha value is -2.99. The molecule has 2 aromatic heterocycles. The molecule has 180 valence electrons. The molecule has 7 heteroatoms. The van der Waals surface area contributed by atoms with Gasteiger partial charge < -0.3 is 9.88 Å². The van der Waals surface area contributed by atoms with Gasteiger partial charge in [0.25, 0.3) is 0 Å². The highest BCUT2D eigenvalue weighted by Gasteiger charge is 2.21. The summed E-state index contributed by atoms with van der Waals surface area (Å²) in [4.78, 5) is 32.3. The molecule has 1 atom stereocenters. The Kier molecular flexibility index (Phi) is 7.78. The maximum absolute atomic E-state index is 8.12. The van der Waals surface area contributed by atoms with Gasteiger partial charge in [0, 0.05) is 78.9 Å². The quantitative estimate of drug-likeness (QED) is 0.615. The van der Waals surface area contributed by atoms with Crippen molar-refractivity contribution in [1.82, 2.24) is 19.8 Å². The molecule has 0 saturated carbocycles. The van der Waals surface area contributed by atoms with Crippen molar-refractivity contribution in [2.24, 2.45) is 0 Å². The van der Waals surface area contributed by atoms with E-state index in [1.54, 1.807) is 0 Å². The number of likely N-dealkylation sites (tertiary alicyclic amines) is 1. The summed E-state index contributed by atoms with van der Waals surface area (Å²) in [5, 5.41) is 1.22. The maximum atomic E-state index is 8.12. The number of nitrogens with zero attached hydrogens (tertiary/aromatic N) is 4. The van der Waals surface area contributed by atoms with E-state index in [-0.39, 0.29) is 6.15 Å². The molecule has 3 aromatic rings. The molecule has 2 aliphatic heterocycles. The number of benzene rings is 1. The van der Waals surface area contributed by atoms with Gasteiger partial charge in [-0.15, -0.1) is 0 Å². The molecule has 2 aliphatic rings. The minimum atomic E-state index is 0.250. The summed E-state index contributed by atoms with van der Waals surface area (Å²) in [7, 11) is 0. The van der Waals surface area contributed by atoms with Crippen LogP contribution in [0.15, 0.2) is 42.6 Å². The van der Waals surface area contributed by atoms with Crippen molar-refractivity contribution in [3.05, 3.63) is 48.3 Å². The summed E-state index contributed by atoms with van der Waals surface area (Å²) < 4.78 is 0. The number of anilines is 1. The summed E-state index contributed by atoms with van der Waals surface area (Å²) in [6.07, 6.45) is 4.80. The van der Waals surface area contributed by atoms with Crippen LogP contribution >= 0.6 is 0 Å². The number of fused-ring (bicyclic) bond motifs is 1. The lowest BCUT2D eigenvalue weighted by Gasteiger charge is -2.38. The molecule has 0 spiro atoms. The second kappa shape index (κ2) is 11.0. The van der Waals surface area contributed by atoms with E-state index < -0.39 is 0 Å². The Morgan fingerprint density at radius 2 is 1.76 bits per heavy atom. The van der Waals surface area contributed by atoms with Crippen LogP contribution in [0.2, 0.25) is 0 Å². The molecule has 4 heterocycles. The van der Waals surface area contributed by atoms with Crippen LogP contribution in [0, 0.1) is 0 Å². The van der Waals surface area contributed by atoms with Crippen molar-refractivity contribution in [1.29, 1.82) is 0 Å². The molecule has 0 aliphatic carbocycles. The fourth-order valence-corrected chi connectivity index (χ4v) is 5.20. The summed E-state index contributed by atoms with van der Waals surface area (Å²) in [5.41, 5.74) is 6.05. The number of carbonyl (C=O) groups excluding carboxylic acids is 2. The molecule has 0 radical (unpaired) electrons. The van der Waals surface area contributed by atoms with Crippen LogP contribution in [-0.4, -0.2) is 70.7 Å². The fraction of sp³-hybridized carbons (Fsp3) is 0.481. The molecule has 7 nitrogen and oxygen atoms in total. The van der Waals surface area contributed by atoms with Gasteiger partial charge >= 0.3 is 6.15 Å². The van der Waals surface area contributed by atoms with Crippen LogP contribution in [0.5, 0.6) is 0 Å². The number of H-pyrrole nitrogens is 1. The number of rotatable bonds is 5. The van der Waals surface area contributed by atoms with Crippen LogP contribution in [0.1, 0.15) is 39.3 Å². The van der Waals surface area contributed by atoms with Crippen molar-refractivity contribution in [2.75, 3.05) is 37.6 Å². The first-order valence-corrected chi connectivity index (χ1v) is 12.3. The second-order valence-electron chi connectivity index (χ2n) is 9.62. The Morgan fingerprint density at radius 1 is 1.06 bits per heavy atom. The first-order chi connectivity index (χ1) is 16.5. The molecule has 0 bridgehead atoms. The van der Waals surface area contributed by atoms with Crippen LogP contribution < -0.4 is 4.90 Å². The van der Waals surface area contributed by atoms with Gasteiger partial charge in [0.05, 0.1) is 5.69 Å². The van der Waals surface area contributed by atoms with Gasteiger partial charge in [-0.25, -0.2) is 0 Å². The van der Waals surface area contributed by atoms with E-state index in [4.69, 9.17) is 14.6 Å². The largest absolute Gasteiger partial charge is 0.373 e. The van der Waals surface area contributed by atoms with Gasteiger partial charge in [-0.2, -0.15) is 9.59 Å². The molecule has 0 unspecified atom stereocenters. The average molecular weight is 462 g/mol. The zero-order valence-corrected chi connectivity index (χ0v) is 20.5. The Labute approximate surface area is 201 Å². The highest BCUT2D eigenvalue weighted by Crippen LogP contribution is 2.30. The topological polar surface area (TPSA) is 72.5 Å². The maximum Gasteiger partial charge on any atom is 0.373 e. The number of nitrogens with one attached hydrogen (secondary N) is 1. The summed E-state index contributed by atoms with van der Waals surface area (Å²) in [5.74, 6) is 0. The van der Waals surface area contributed by atoms with Crippen LogP contribution in [-0.2, 0) is 16.1 Å². The third kappa shape index (κ3) is 5.39. The number of pyridine rings is 1.